The van der Waals surface area contributed by atoms with Gasteiger partial charge in [-0.05, 0) is 24.8 Å². The maximum absolute atomic E-state index is 12.4. The van der Waals surface area contributed by atoms with Crippen molar-refractivity contribution in [3.05, 3.63) is 38.9 Å². The number of hydrogen-bond acceptors (Lipinski definition) is 3. The van der Waals surface area contributed by atoms with Gasteiger partial charge in [0.15, 0.2) is 0 Å². The van der Waals surface area contributed by atoms with E-state index in [9.17, 15) is 14.9 Å². The van der Waals surface area contributed by atoms with Crippen LogP contribution in [-0.4, -0.2) is 28.8 Å². The summed E-state index contributed by atoms with van der Waals surface area (Å²) in [6.07, 6.45) is 4.42. The Hall–Kier alpha value is -1.62. The minimum atomic E-state index is -0.517. The van der Waals surface area contributed by atoms with Gasteiger partial charge in [0.2, 0.25) is 0 Å². The summed E-state index contributed by atoms with van der Waals surface area (Å²) >= 11 is 6.01. The van der Waals surface area contributed by atoms with Gasteiger partial charge in [0, 0.05) is 25.2 Å². The van der Waals surface area contributed by atoms with Crippen molar-refractivity contribution in [1.82, 2.24) is 4.90 Å². The third-order valence-electron chi connectivity index (χ3n) is 3.99. The van der Waals surface area contributed by atoms with Crippen molar-refractivity contribution in [2.45, 2.75) is 32.6 Å². The number of nitrogens with zero attached hydrogens (tertiary/aromatic N) is 2. The van der Waals surface area contributed by atoms with Gasteiger partial charge in [-0.25, -0.2) is 0 Å². The summed E-state index contributed by atoms with van der Waals surface area (Å²) in [6.45, 7) is 3.64. The summed E-state index contributed by atoms with van der Waals surface area (Å²) in [6, 6.07) is 4.00. The normalized spacial score (nSPS) is 16.0. The van der Waals surface area contributed by atoms with Crippen molar-refractivity contribution >= 4 is 23.2 Å². The third-order valence-corrected chi connectivity index (χ3v) is 4.31. The van der Waals surface area contributed by atoms with Crippen molar-refractivity contribution in [1.29, 1.82) is 0 Å². The predicted molar refractivity (Wildman–Crippen MR) is 81.6 cm³/mol. The lowest BCUT2D eigenvalue weighted by atomic mass is 9.92. The summed E-state index contributed by atoms with van der Waals surface area (Å²) in [7, 11) is 0. The first-order chi connectivity index (χ1) is 10.0. The zero-order valence-electron chi connectivity index (χ0n) is 12.0. The van der Waals surface area contributed by atoms with E-state index < -0.39 is 4.92 Å². The van der Waals surface area contributed by atoms with Crippen LogP contribution in [-0.2, 0) is 0 Å². The molecule has 1 amide bonds. The molecule has 0 aliphatic carbocycles. The minimum absolute atomic E-state index is 0.0989. The molecule has 5 nitrogen and oxygen atoms in total. The second-order valence-electron chi connectivity index (χ2n) is 5.45. The smallest absolute Gasteiger partial charge is 0.270 e. The zero-order valence-corrected chi connectivity index (χ0v) is 12.8. The molecule has 0 saturated carbocycles. The van der Waals surface area contributed by atoms with Gasteiger partial charge in [0.05, 0.1) is 15.5 Å². The molecule has 1 aliphatic heterocycles. The number of nitro benzene ring substituents is 1. The van der Waals surface area contributed by atoms with Crippen LogP contribution in [0.25, 0.3) is 0 Å². The highest BCUT2D eigenvalue weighted by Crippen LogP contribution is 2.27. The standard InChI is InChI=1S/C15H19ClN2O3/c1-2-3-11-6-8-17(9-7-11)15(19)13-5-4-12(18(20)21)10-14(13)16/h4-5,10-11H,2-3,6-9H2,1H3. The monoisotopic (exact) mass is 310 g/mol. The molecule has 0 atom stereocenters. The Balaban J connectivity index is 2.06. The lowest BCUT2D eigenvalue weighted by molar-refractivity contribution is -0.384. The Morgan fingerprint density at radius 1 is 1.43 bits per heavy atom. The van der Waals surface area contributed by atoms with Crippen LogP contribution in [0, 0.1) is 16.0 Å². The van der Waals surface area contributed by atoms with Gasteiger partial charge in [-0.15, -0.1) is 0 Å². The van der Waals surface area contributed by atoms with E-state index >= 15 is 0 Å². The van der Waals surface area contributed by atoms with Crippen molar-refractivity contribution in [3.8, 4) is 0 Å². The zero-order chi connectivity index (χ0) is 15.4. The van der Waals surface area contributed by atoms with Crippen LogP contribution in [0.4, 0.5) is 5.69 Å². The number of non-ortho nitro benzene ring substituents is 1. The van der Waals surface area contributed by atoms with Gasteiger partial charge in [-0.3, -0.25) is 14.9 Å². The lowest BCUT2D eigenvalue weighted by Crippen LogP contribution is -2.38. The van der Waals surface area contributed by atoms with E-state index in [0.717, 1.165) is 25.9 Å². The van der Waals surface area contributed by atoms with E-state index in [0.29, 0.717) is 11.5 Å². The van der Waals surface area contributed by atoms with Gasteiger partial charge in [0.1, 0.15) is 0 Å². The lowest BCUT2D eigenvalue weighted by Gasteiger charge is -2.32. The summed E-state index contributed by atoms with van der Waals surface area (Å²) in [5.41, 5.74) is 0.245. The summed E-state index contributed by atoms with van der Waals surface area (Å²) < 4.78 is 0. The number of amides is 1. The Labute approximate surface area is 129 Å². The van der Waals surface area contributed by atoms with Crippen molar-refractivity contribution < 1.29 is 9.72 Å². The van der Waals surface area contributed by atoms with Gasteiger partial charge >= 0.3 is 0 Å². The number of likely N-dealkylation sites (tertiary alicyclic amines) is 1. The largest absolute Gasteiger partial charge is 0.339 e. The molecular formula is C15H19ClN2O3. The Bertz CT molecular complexity index is 540. The van der Waals surface area contributed by atoms with E-state index in [2.05, 4.69) is 6.92 Å². The molecule has 1 aromatic carbocycles. The molecule has 0 unspecified atom stereocenters. The van der Waals surface area contributed by atoms with E-state index in [-0.39, 0.29) is 16.6 Å². The van der Waals surface area contributed by atoms with Crippen LogP contribution in [0.1, 0.15) is 43.0 Å². The summed E-state index contributed by atoms with van der Waals surface area (Å²) in [5.74, 6) is 0.566. The molecule has 2 rings (SSSR count). The highest BCUT2D eigenvalue weighted by Gasteiger charge is 2.25. The third kappa shape index (κ3) is 3.73. The van der Waals surface area contributed by atoms with Crippen LogP contribution in [0.3, 0.4) is 0 Å². The molecule has 21 heavy (non-hydrogen) atoms. The number of halogens is 1. The number of carbonyl (C=O) groups excluding carboxylic acids is 1. The average Bonchev–Trinajstić information content (AvgIpc) is 2.47. The van der Waals surface area contributed by atoms with Crippen LogP contribution in [0.2, 0.25) is 5.02 Å². The van der Waals surface area contributed by atoms with E-state index in [1.54, 1.807) is 4.90 Å². The van der Waals surface area contributed by atoms with Gasteiger partial charge in [0.25, 0.3) is 11.6 Å². The highest BCUT2D eigenvalue weighted by molar-refractivity contribution is 6.34. The molecule has 1 aliphatic rings. The molecule has 1 saturated heterocycles. The molecule has 0 bridgehead atoms. The number of piperidine rings is 1. The first kappa shape index (κ1) is 15.8. The average molecular weight is 311 g/mol. The molecular weight excluding hydrogens is 292 g/mol. The first-order valence-corrected chi connectivity index (χ1v) is 7.64. The van der Waals surface area contributed by atoms with Crippen LogP contribution < -0.4 is 0 Å². The molecule has 1 aromatic rings. The number of benzene rings is 1. The Morgan fingerprint density at radius 2 is 2.10 bits per heavy atom. The second kappa shape index (κ2) is 6.89. The number of carbonyl (C=O) groups is 1. The van der Waals surface area contributed by atoms with Crippen LogP contribution in [0.5, 0.6) is 0 Å². The maximum atomic E-state index is 12.4. The maximum Gasteiger partial charge on any atom is 0.270 e. The van der Waals surface area contributed by atoms with E-state index in [4.69, 9.17) is 11.6 Å². The summed E-state index contributed by atoms with van der Waals surface area (Å²) in [5, 5.41) is 10.8. The predicted octanol–water partition coefficient (Wildman–Crippen LogP) is 3.90. The fraction of sp³-hybridized carbons (Fsp3) is 0.533. The van der Waals surface area contributed by atoms with Crippen LogP contribution >= 0.6 is 11.6 Å². The molecule has 0 aromatic heterocycles. The van der Waals surface area contributed by atoms with Gasteiger partial charge < -0.3 is 4.90 Å². The van der Waals surface area contributed by atoms with Crippen molar-refractivity contribution in [2.75, 3.05) is 13.1 Å². The topological polar surface area (TPSA) is 63.5 Å². The fourth-order valence-electron chi connectivity index (χ4n) is 2.79. The number of rotatable bonds is 4. The fourth-order valence-corrected chi connectivity index (χ4v) is 3.05. The van der Waals surface area contributed by atoms with Crippen LogP contribution in [0.15, 0.2) is 18.2 Å². The quantitative estimate of drug-likeness (QED) is 0.626. The molecule has 1 heterocycles. The van der Waals surface area contributed by atoms with Gasteiger partial charge in [-0.2, -0.15) is 0 Å². The second-order valence-corrected chi connectivity index (χ2v) is 5.85. The SMILES string of the molecule is CCCC1CCN(C(=O)c2ccc([N+](=O)[O-])cc2Cl)CC1. The van der Waals surface area contributed by atoms with Crippen molar-refractivity contribution in [2.24, 2.45) is 5.92 Å². The Morgan fingerprint density at radius 3 is 2.62 bits per heavy atom. The number of hydrogen-bond donors (Lipinski definition) is 0. The highest BCUT2D eigenvalue weighted by atomic mass is 35.5. The summed E-state index contributed by atoms with van der Waals surface area (Å²) in [4.78, 5) is 24.4. The van der Waals surface area contributed by atoms with Crippen molar-refractivity contribution in [3.63, 3.8) is 0 Å². The molecule has 6 heteroatoms. The van der Waals surface area contributed by atoms with Gasteiger partial charge in [-0.1, -0.05) is 31.4 Å². The molecule has 0 radical (unpaired) electrons. The van der Waals surface area contributed by atoms with E-state index in [1.807, 2.05) is 0 Å². The minimum Gasteiger partial charge on any atom is -0.339 e. The number of nitro groups is 1. The molecule has 114 valence electrons. The Kier molecular flexibility index (Phi) is 5.17. The first-order valence-electron chi connectivity index (χ1n) is 7.26. The molecule has 0 N–H and O–H groups in total. The molecule has 1 fully saturated rings. The van der Waals surface area contributed by atoms with E-state index in [1.165, 1.54) is 31.0 Å². The molecule has 0 spiro atoms.